The van der Waals surface area contributed by atoms with Crippen molar-refractivity contribution in [1.82, 2.24) is 19.5 Å². The average Bonchev–Trinajstić information content (AvgIpc) is 3.24. The van der Waals surface area contributed by atoms with E-state index in [2.05, 4.69) is 26.3 Å². The second-order valence-electron chi connectivity index (χ2n) is 7.41. The van der Waals surface area contributed by atoms with Gasteiger partial charge in [0.25, 0.3) is 5.56 Å². The lowest BCUT2D eigenvalue weighted by atomic mass is 10.0. The maximum atomic E-state index is 13.6. The quantitative estimate of drug-likeness (QED) is 0.428. The molecule has 0 aliphatic carbocycles. The van der Waals surface area contributed by atoms with Gasteiger partial charge in [-0.3, -0.25) is 9.36 Å². The van der Waals surface area contributed by atoms with Crippen molar-refractivity contribution in [2.24, 2.45) is 0 Å². The fourth-order valence-electron chi connectivity index (χ4n) is 3.98. The minimum absolute atomic E-state index is 0. The zero-order chi connectivity index (χ0) is 20.7. The van der Waals surface area contributed by atoms with Crippen molar-refractivity contribution in [3.63, 3.8) is 0 Å². The molecule has 31 heavy (non-hydrogen) atoms. The van der Waals surface area contributed by atoms with Gasteiger partial charge in [0.15, 0.2) is 0 Å². The number of H-pyrrole nitrogens is 1. The molecule has 1 atom stereocenters. The van der Waals surface area contributed by atoms with Crippen LogP contribution in [0.15, 0.2) is 78.0 Å². The van der Waals surface area contributed by atoms with Gasteiger partial charge in [0.1, 0.15) is 17.8 Å². The van der Waals surface area contributed by atoms with Crippen LogP contribution in [0, 0.1) is 6.92 Å². The highest BCUT2D eigenvalue weighted by molar-refractivity contribution is 7.59. The third-order valence-corrected chi connectivity index (χ3v) is 5.45. The van der Waals surface area contributed by atoms with Crippen LogP contribution in [0.3, 0.4) is 0 Å². The van der Waals surface area contributed by atoms with Crippen molar-refractivity contribution in [3.05, 3.63) is 94.8 Å². The van der Waals surface area contributed by atoms with Crippen LogP contribution in [-0.2, 0) is 0 Å². The van der Waals surface area contributed by atoms with Gasteiger partial charge in [0.2, 0.25) is 0 Å². The van der Waals surface area contributed by atoms with Crippen molar-refractivity contribution in [2.75, 3.05) is 5.32 Å². The van der Waals surface area contributed by atoms with Crippen molar-refractivity contribution in [2.45, 2.75) is 19.9 Å². The molecule has 0 spiro atoms. The van der Waals surface area contributed by atoms with E-state index in [4.69, 9.17) is 0 Å². The Kier molecular flexibility index (Phi) is 5.52. The highest BCUT2D eigenvalue weighted by Crippen LogP contribution is 2.27. The number of rotatable bonds is 4. The molecule has 7 heteroatoms. The summed E-state index contributed by atoms with van der Waals surface area (Å²) in [6.45, 7) is 4.01. The van der Waals surface area contributed by atoms with Gasteiger partial charge < -0.3 is 10.3 Å². The summed E-state index contributed by atoms with van der Waals surface area (Å²) in [5.41, 5.74) is 3.43. The Morgan fingerprint density at radius 3 is 2.65 bits per heavy atom. The van der Waals surface area contributed by atoms with Crippen LogP contribution in [-0.4, -0.2) is 19.5 Å². The summed E-state index contributed by atoms with van der Waals surface area (Å²) < 4.78 is 1.79. The molecule has 0 saturated carbocycles. The van der Waals surface area contributed by atoms with Gasteiger partial charge in [0.05, 0.1) is 16.8 Å². The first-order valence-electron chi connectivity index (χ1n) is 9.89. The van der Waals surface area contributed by atoms with Crippen LogP contribution in [0.4, 0.5) is 5.82 Å². The number of pyridine rings is 1. The summed E-state index contributed by atoms with van der Waals surface area (Å²) in [5.74, 6) is 0.727. The van der Waals surface area contributed by atoms with Gasteiger partial charge in [-0.2, -0.15) is 13.5 Å². The Labute approximate surface area is 186 Å². The molecule has 0 saturated heterocycles. The number of benzene rings is 2. The Bertz CT molecular complexity index is 1420. The molecule has 5 aromatic rings. The number of anilines is 1. The van der Waals surface area contributed by atoms with E-state index in [1.165, 1.54) is 6.33 Å². The molecule has 0 unspecified atom stereocenters. The molecule has 0 aliphatic rings. The number of para-hydroxylation sites is 1. The van der Waals surface area contributed by atoms with Crippen molar-refractivity contribution in [3.8, 4) is 5.69 Å². The van der Waals surface area contributed by atoms with Crippen LogP contribution in [0.2, 0.25) is 0 Å². The predicted molar refractivity (Wildman–Crippen MR) is 131 cm³/mol. The first-order valence-corrected chi connectivity index (χ1v) is 9.89. The van der Waals surface area contributed by atoms with Gasteiger partial charge in [-0.05, 0) is 49.1 Å². The van der Waals surface area contributed by atoms with E-state index in [0.717, 1.165) is 44.6 Å². The highest BCUT2D eigenvalue weighted by Gasteiger charge is 2.18. The molecule has 0 amide bonds. The third kappa shape index (κ3) is 3.57. The van der Waals surface area contributed by atoms with Gasteiger partial charge in [-0.1, -0.05) is 36.4 Å². The van der Waals surface area contributed by atoms with Crippen LogP contribution in [0.5, 0.6) is 0 Å². The van der Waals surface area contributed by atoms with E-state index in [1.807, 2.05) is 74.6 Å². The molecule has 3 heterocycles. The number of nitrogens with one attached hydrogen (secondary N) is 2. The summed E-state index contributed by atoms with van der Waals surface area (Å²) in [5, 5.41) is 6.06. The summed E-state index contributed by atoms with van der Waals surface area (Å²) in [7, 11) is 0. The average molecular weight is 430 g/mol. The maximum Gasteiger partial charge on any atom is 0.263 e. The normalized spacial score (nSPS) is 11.9. The first-order chi connectivity index (χ1) is 14.6. The van der Waals surface area contributed by atoms with E-state index >= 15 is 0 Å². The lowest BCUT2D eigenvalue weighted by Gasteiger charge is -2.22. The van der Waals surface area contributed by atoms with E-state index in [9.17, 15) is 4.79 Å². The van der Waals surface area contributed by atoms with Crippen molar-refractivity contribution >= 4 is 41.1 Å². The number of aromatic nitrogens is 4. The van der Waals surface area contributed by atoms with Crippen LogP contribution >= 0.6 is 13.5 Å². The van der Waals surface area contributed by atoms with E-state index in [0.29, 0.717) is 0 Å². The Morgan fingerprint density at radius 1 is 1.03 bits per heavy atom. The van der Waals surface area contributed by atoms with Crippen molar-refractivity contribution in [1.29, 1.82) is 0 Å². The molecule has 0 radical (unpaired) electrons. The lowest BCUT2D eigenvalue weighted by Crippen LogP contribution is -2.26. The highest BCUT2D eigenvalue weighted by atomic mass is 32.1. The fourth-order valence-corrected chi connectivity index (χ4v) is 3.98. The van der Waals surface area contributed by atoms with E-state index in [-0.39, 0.29) is 25.1 Å². The molecule has 2 aromatic carbocycles. The monoisotopic (exact) mass is 429 g/mol. The SMILES string of the molecule is Cc1cccc2cc([C@H](C)Nc3ncnc4[nH]ccc34)n(-c3ccccc3)c(=O)c12.S. The Hall–Kier alpha value is -3.58. The van der Waals surface area contributed by atoms with Gasteiger partial charge in [0, 0.05) is 17.6 Å². The molecule has 0 bridgehead atoms. The topological polar surface area (TPSA) is 75.6 Å². The molecule has 0 aliphatic heterocycles. The summed E-state index contributed by atoms with van der Waals surface area (Å²) in [6, 6.07) is 19.6. The first kappa shape index (κ1) is 20.7. The number of hydrogen-bond acceptors (Lipinski definition) is 4. The smallest absolute Gasteiger partial charge is 0.263 e. The zero-order valence-electron chi connectivity index (χ0n) is 17.3. The minimum Gasteiger partial charge on any atom is -0.361 e. The van der Waals surface area contributed by atoms with Crippen LogP contribution in [0.1, 0.15) is 24.2 Å². The number of fused-ring (bicyclic) bond motifs is 2. The fraction of sp³-hybridized carbons (Fsp3) is 0.125. The van der Waals surface area contributed by atoms with E-state index in [1.54, 1.807) is 4.57 Å². The zero-order valence-corrected chi connectivity index (χ0v) is 18.3. The van der Waals surface area contributed by atoms with Gasteiger partial charge in [-0.15, -0.1) is 0 Å². The number of aromatic amines is 1. The molecule has 156 valence electrons. The second kappa shape index (κ2) is 8.28. The van der Waals surface area contributed by atoms with Crippen LogP contribution in [0.25, 0.3) is 27.5 Å². The summed E-state index contributed by atoms with van der Waals surface area (Å²) in [4.78, 5) is 25.4. The molecule has 2 N–H and O–H groups in total. The van der Waals surface area contributed by atoms with Crippen molar-refractivity contribution < 1.29 is 0 Å². The predicted octanol–water partition coefficient (Wildman–Crippen LogP) is 4.86. The molecule has 5 rings (SSSR count). The summed E-state index contributed by atoms with van der Waals surface area (Å²) >= 11 is 0. The molecular formula is C24H23N5OS. The maximum absolute atomic E-state index is 13.6. The minimum atomic E-state index is -0.171. The number of hydrogen-bond donors (Lipinski definition) is 2. The van der Waals surface area contributed by atoms with Crippen LogP contribution < -0.4 is 10.9 Å². The second-order valence-corrected chi connectivity index (χ2v) is 7.41. The molecular weight excluding hydrogens is 406 g/mol. The van der Waals surface area contributed by atoms with Gasteiger partial charge >= 0.3 is 0 Å². The molecule has 6 nitrogen and oxygen atoms in total. The largest absolute Gasteiger partial charge is 0.361 e. The number of nitrogens with zero attached hydrogens (tertiary/aromatic N) is 3. The Morgan fingerprint density at radius 2 is 1.84 bits per heavy atom. The molecule has 3 aromatic heterocycles. The standard InChI is InChI=1S/C24H21N5O.H2S/c1-15-7-6-8-17-13-20(29(24(30)21(15)17)18-9-4-3-5-10-18)16(2)28-23-19-11-12-25-22(19)26-14-27-23;/h3-14,16H,1-2H3,(H2,25,26,27,28);1H2/t16-;/m0./s1. The number of aryl methyl sites for hydroxylation is 1. The third-order valence-electron chi connectivity index (χ3n) is 5.45. The van der Waals surface area contributed by atoms with E-state index < -0.39 is 0 Å². The summed E-state index contributed by atoms with van der Waals surface area (Å²) in [6.07, 6.45) is 3.37. The Balaban J connectivity index is 0.00000231. The van der Waals surface area contributed by atoms with Gasteiger partial charge in [-0.25, -0.2) is 9.97 Å². The lowest BCUT2D eigenvalue weighted by molar-refractivity contribution is 0.774. The molecule has 0 fully saturated rings.